The summed E-state index contributed by atoms with van der Waals surface area (Å²) in [7, 11) is 6.81. The van der Waals surface area contributed by atoms with Gasteiger partial charge in [0.2, 0.25) is 5.78 Å². The van der Waals surface area contributed by atoms with Crippen LogP contribution in [0.15, 0.2) is 34.8 Å². The van der Waals surface area contributed by atoms with Gasteiger partial charge in [0.1, 0.15) is 22.8 Å². The minimum absolute atomic E-state index is 0.00567. The zero-order valence-electron chi connectivity index (χ0n) is 20.6. The Morgan fingerprint density at radius 3 is 2.20 bits per heavy atom. The molecule has 0 aliphatic heterocycles. The van der Waals surface area contributed by atoms with Crippen molar-refractivity contribution in [2.75, 3.05) is 33.1 Å². The highest BCUT2D eigenvalue weighted by Crippen LogP contribution is 2.63. The summed E-state index contributed by atoms with van der Waals surface area (Å²) in [5, 5.41) is 45.0. The number of nitrogens with two attached hydrogens (primary N) is 1. The Morgan fingerprint density at radius 2 is 1.69 bits per heavy atom. The molecule has 3 aliphatic carbocycles. The standard InChI is InChI=1S/C25H31N3O7/c1-23-9-11-12(27(3)4)7-8-13(29)14(11)17(30)16(23)21(33)25(35)20(32)15(22(26)34)18(31)19(28(5)6)24(25,2)10-23/h7-8,19,29,31,33,35H,9-10H2,1-6H3,(H2,26,34)/t19-,23+,24+,25-/m1/s1. The summed E-state index contributed by atoms with van der Waals surface area (Å²) < 4.78 is 0. The number of allylic oxidation sites excluding steroid dienone is 1. The van der Waals surface area contributed by atoms with Gasteiger partial charge in [-0.25, -0.2) is 0 Å². The van der Waals surface area contributed by atoms with Crippen LogP contribution in [0.1, 0.15) is 36.2 Å². The lowest BCUT2D eigenvalue weighted by Crippen LogP contribution is -2.70. The van der Waals surface area contributed by atoms with Crippen LogP contribution in [0.3, 0.4) is 0 Å². The first kappa shape index (κ1) is 24.7. The summed E-state index contributed by atoms with van der Waals surface area (Å²) in [6.07, 6.45) is 0.205. The number of Topliss-reactive ketones (excluding diaryl/α,β-unsaturated/α-hetero) is 2. The summed E-state index contributed by atoms with van der Waals surface area (Å²) in [6.45, 7) is 3.28. The smallest absolute Gasteiger partial charge is 0.255 e. The molecular formula is C25H31N3O7. The van der Waals surface area contributed by atoms with Crippen LogP contribution in [0.2, 0.25) is 0 Å². The second-order valence-electron chi connectivity index (χ2n) is 10.8. The number of fused-ring (bicyclic) bond motifs is 3. The number of hydrogen-bond donors (Lipinski definition) is 5. The molecule has 0 saturated carbocycles. The SMILES string of the molecule is CN(C)c1ccc(O)c2c1C[C@@]1(C)C[C@@]3(C)[C@H](N(C)C)C(O)=C(C(N)=O)C(=O)[C@@]3(O)C(O)=C1C2=O. The number of aliphatic hydroxyl groups excluding tert-OH is 2. The van der Waals surface area contributed by atoms with Gasteiger partial charge in [0.15, 0.2) is 11.4 Å². The van der Waals surface area contributed by atoms with Crippen LogP contribution in [-0.4, -0.2) is 82.6 Å². The van der Waals surface area contributed by atoms with Crippen LogP contribution in [-0.2, 0) is 16.0 Å². The molecule has 4 atom stereocenters. The van der Waals surface area contributed by atoms with E-state index >= 15 is 0 Å². The van der Waals surface area contributed by atoms with E-state index in [9.17, 15) is 34.8 Å². The average Bonchev–Trinajstić information content (AvgIpc) is 2.69. The second-order valence-corrected chi connectivity index (χ2v) is 10.8. The lowest BCUT2D eigenvalue weighted by Gasteiger charge is -2.59. The zero-order valence-corrected chi connectivity index (χ0v) is 20.6. The molecule has 1 amide bonds. The molecule has 10 nitrogen and oxygen atoms in total. The number of primary amides is 1. The number of carbonyl (C=O) groups is 3. The largest absolute Gasteiger partial charge is 0.510 e. The Morgan fingerprint density at radius 1 is 1.09 bits per heavy atom. The van der Waals surface area contributed by atoms with Crippen molar-refractivity contribution in [3.05, 3.63) is 45.9 Å². The molecule has 188 valence electrons. The first-order valence-electron chi connectivity index (χ1n) is 11.2. The molecule has 0 fully saturated rings. The topological polar surface area (TPSA) is 165 Å². The fraction of sp³-hybridized carbons (Fsp3) is 0.480. The number of likely N-dealkylation sites (N-methyl/N-ethyl adjacent to an activating group) is 1. The van der Waals surface area contributed by atoms with Crippen molar-refractivity contribution in [1.82, 2.24) is 4.90 Å². The molecule has 0 aromatic heterocycles. The maximum absolute atomic E-state index is 13.8. The minimum Gasteiger partial charge on any atom is -0.510 e. The van der Waals surface area contributed by atoms with Crippen molar-refractivity contribution in [3.8, 4) is 5.75 Å². The monoisotopic (exact) mass is 485 g/mol. The van der Waals surface area contributed by atoms with Gasteiger partial charge in [-0.3, -0.25) is 19.3 Å². The van der Waals surface area contributed by atoms with E-state index in [0.717, 1.165) is 0 Å². The van der Waals surface area contributed by atoms with Crippen LogP contribution in [0.4, 0.5) is 5.69 Å². The Kier molecular flexibility index (Phi) is 5.17. The van der Waals surface area contributed by atoms with Crippen LogP contribution in [0, 0.1) is 10.8 Å². The number of rotatable bonds is 3. The Hall–Kier alpha value is -3.37. The molecule has 6 N–H and O–H groups in total. The molecule has 10 heteroatoms. The highest BCUT2D eigenvalue weighted by molar-refractivity contribution is 6.25. The molecule has 0 radical (unpaired) electrons. The number of phenolic OH excluding ortho intramolecular Hbond substituents is 1. The summed E-state index contributed by atoms with van der Waals surface area (Å²) >= 11 is 0. The predicted octanol–water partition coefficient (Wildman–Crippen LogP) is 0.967. The van der Waals surface area contributed by atoms with Crippen LogP contribution >= 0.6 is 0 Å². The van der Waals surface area contributed by atoms with Crippen molar-refractivity contribution >= 4 is 23.2 Å². The normalized spacial score (nSPS) is 32.4. The third-order valence-electron chi connectivity index (χ3n) is 7.97. The van der Waals surface area contributed by atoms with Crippen LogP contribution < -0.4 is 10.6 Å². The van der Waals surface area contributed by atoms with Gasteiger partial charge in [0.25, 0.3) is 5.91 Å². The third kappa shape index (κ3) is 2.86. The number of benzene rings is 1. The molecule has 0 saturated heterocycles. The van der Waals surface area contributed by atoms with E-state index in [1.54, 1.807) is 41.2 Å². The van der Waals surface area contributed by atoms with Crippen molar-refractivity contribution in [2.24, 2.45) is 16.6 Å². The first-order valence-corrected chi connectivity index (χ1v) is 11.2. The van der Waals surface area contributed by atoms with Gasteiger partial charge in [0, 0.05) is 36.2 Å². The lowest BCUT2D eigenvalue weighted by atomic mass is 9.47. The number of carbonyl (C=O) groups excluding carboxylic acids is 3. The summed E-state index contributed by atoms with van der Waals surface area (Å²) in [5.41, 5.74) is 0.299. The Balaban J connectivity index is 2.09. The molecule has 3 aliphatic rings. The van der Waals surface area contributed by atoms with Crippen molar-refractivity contribution < 1.29 is 34.8 Å². The van der Waals surface area contributed by atoms with Gasteiger partial charge in [0.05, 0.1) is 11.6 Å². The molecule has 0 unspecified atom stereocenters. The molecule has 0 spiro atoms. The number of aliphatic hydroxyl groups is 3. The lowest BCUT2D eigenvalue weighted by molar-refractivity contribution is -0.169. The highest BCUT2D eigenvalue weighted by Gasteiger charge is 2.71. The molecule has 0 bridgehead atoms. The zero-order chi connectivity index (χ0) is 26.4. The molecular weight excluding hydrogens is 454 g/mol. The molecule has 35 heavy (non-hydrogen) atoms. The summed E-state index contributed by atoms with van der Waals surface area (Å²) in [4.78, 5) is 42.8. The van der Waals surface area contributed by atoms with Crippen molar-refractivity contribution in [2.45, 2.75) is 38.3 Å². The van der Waals surface area contributed by atoms with Gasteiger partial charge in [-0.2, -0.15) is 0 Å². The van der Waals surface area contributed by atoms with E-state index in [0.29, 0.717) is 11.3 Å². The number of phenols is 1. The number of nitrogens with zero attached hydrogens (tertiary/aromatic N) is 2. The van der Waals surface area contributed by atoms with Gasteiger partial charge in [-0.05, 0) is 44.6 Å². The fourth-order valence-corrected chi connectivity index (χ4v) is 6.74. The van der Waals surface area contributed by atoms with Crippen molar-refractivity contribution in [3.63, 3.8) is 0 Å². The van der Waals surface area contributed by atoms with Gasteiger partial charge < -0.3 is 31.1 Å². The van der Waals surface area contributed by atoms with E-state index in [1.807, 2.05) is 4.90 Å². The van der Waals surface area contributed by atoms with E-state index in [4.69, 9.17) is 5.73 Å². The Bertz CT molecular complexity index is 1260. The number of amides is 1. The van der Waals surface area contributed by atoms with E-state index < -0.39 is 57.0 Å². The van der Waals surface area contributed by atoms with Crippen LogP contribution in [0.25, 0.3) is 0 Å². The number of hydrogen-bond acceptors (Lipinski definition) is 9. The van der Waals surface area contributed by atoms with Gasteiger partial charge in [-0.1, -0.05) is 13.8 Å². The predicted molar refractivity (Wildman–Crippen MR) is 127 cm³/mol. The number of ketones is 2. The van der Waals surface area contributed by atoms with E-state index in [-0.39, 0.29) is 29.7 Å². The first-order chi connectivity index (χ1) is 16.0. The number of anilines is 1. The summed E-state index contributed by atoms with van der Waals surface area (Å²) in [5.74, 6) is -4.99. The summed E-state index contributed by atoms with van der Waals surface area (Å²) in [6, 6.07) is 2.00. The van der Waals surface area contributed by atoms with Gasteiger partial charge >= 0.3 is 0 Å². The van der Waals surface area contributed by atoms with E-state index in [1.165, 1.54) is 17.9 Å². The quantitative estimate of drug-likeness (QED) is 0.392. The molecule has 1 aromatic carbocycles. The fourth-order valence-electron chi connectivity index (χ4n) is 6.74. The Labute approximate surface area is 202 Å². The maximum atomic E-state index is 13.8. The van der Waals surface area contributed by atoms with Crippen LogP contribution in [0.5, 0.6) is 5.75 Å². The maximum Gasteiger partial charge on any atom is 0.255 e. The molecule has 1 aromatic rings. The average molecular weight is 486 g/mol. The highest BCUT2D eigenvalue weighted by atomic mass is 16.4. The second kappa shape index (κ2) is 7.32. The third-order valence-corrected chi connectivity index (χ3v) is 7.97. The number of aromatic hydroxyl groups is 1. The van der Waals surface area contributed by atoms with E-state index in [2.05, 4.69) is 0 Å². The van der Waals surface area contributed by atoms with Crippen molar-refractivity contribution in [1.29, 1.82) is 0 Å². The molecule has 0 heterocycles. The molecule has 4 rings (SSSR count). The minimum atomic E-state index is -2.71. The van der Waals surface area contributed by atoms with Gasteiger partial charge in [-0.15, -0.1) is 0 Å².